The topological polar surface area (TPSA) is 58.6 Å². The first-order chi connectivity index (χ1) is 12.9. The molecule has 2 aliphatic rings. The fourth-order valence-electron chi connectivity index (χ4n) is 3.04. The van der Waals surface area contributed by atoms with Gasteiger partial charge in [0.2, 0.25) is 5.91 Å². The second kappa shape index (κ2) is 8.65. The highest BCUT2D eigenvalue weighted by Gasteiger charge is 2.35. The van der Waals surface area contributed by atoms with Gasteiger partial charge in [0.25, 0.3) is 5.91 Å². The molecule has 1 heterocycles. The maximum Gasteiger partial charge on any atom is 0.255 e. The van der Waals surface area contributed by atoms with Crippen LogP contribution in [-0.4, -0.2) is 54.1 Å². The van der Waals surface area contributed by atoms with Crippen LogP contribution in [0, 0.1) is 5.92 Å². The third kappa shape index (κ3) is 5.48. The van der Waals surface area contributed by atoms with Crippen molar-refractivity contribution in [1.29, 1.82) is 0 Å². The van der Waals surface area contributed by atoms with Crippen LogP contribution in [0.15, 0.2) is 24.3 Å². The van der Waals surface area contributed by atoms with Gasteiger partial charge in [-0.3, -0.25) is 9.59 Å². The lowest BCUT2D eigenvalue weighted by Crippen LogP contribution is -2.47. The summed E-state index contributed by atoms with van der Waals surface area (Å²) < 4.78 is 5.55. The van der Waals surface area contributed by atoms with E-state index < -0.39 is 6.04 Å². The molecule has 1 aliphatic heterocycles. The molecule has 0 radical (unpaired) electrons. The number of thioether (sulfide) groups is 1. The van der Waals surface area contributed by atoms with Crippen LogP contribution in [0.4, 0.5) is 0 Å². The lowest BCUT2D eigenvalue weighted by molar-refractivity contribution is -0.124. The van der Waals surface area contributed by atoms with Gasteiger partial charge in [-0.15, -0.1) is 11.8 Å². The molecule has 148 valence electrons. The molecule has 1 N–H and O–H groups in total. The zero-order chi connectivity index (χ0) is 19.4. The standard InChI is InChI=1S/C21H30N2O3S/c1-21(2,3)17-8-6-16(7-9-17)20(25)23-14-27-13-18(23)19(24)22-10-11-26-12-15-4-5-15/h6-9,15,18H,4-5,10-14H2,1-3H3,(H,22,24). The monoisotopic (exact) mass is 390 g/mol. The number of hydrogen-bond acceptors (Lipinski definition) is 4. The Labute approximate surface area is 166 Å². The first-order valence-corrected chi connectivity index (χ1v) is 10.9. The molecule has 1 saturated heterocycles. The van der Waals surface area contributed by atoms with E-state index >= 15 is 0 Å². The molecule has 1 saturated carbocycles. The van der Waals surface area contributed by atoms with Gasteiger partial charge in [0.15, 0.2) is 0 Å². The summed E-state index contributed by atoms with van der Waals surface area (Å²) in [6, 6.07) is 7.33. The number of carbonyl (C=O) groups is 2. The summed E-state index contributed by atoms with van der Waals surface area (Å²) in [6.07, 6.45) is 2.53. The van der Waals surface area contributed by atoms with Crippen molar-refractivity contribution in [3.63, 3.8) is 0 Å². The summed E-state index contributed by atoms with van der Waals surface area (Å²) in [7, 11) is 0. The van der Waals surface area contributed by atoms with E-state index in [1.807, 2.05) is 24.3 Å². The largest absolute Gasteiger partial charge is 0.379 e. The number of nitrogens with one attached hydrogen (secondary N) is 1. The molecule has 27 heavy (non-hydrogen) atoms. The van der Waals surface area contributed by atoms with E-state index in [9.17, 15) is 9.59 Å². The molecule has 1 aromatic carbocycles. The summed E-state index contributed by atoms with van der Waals surface area (Å²) >= 11 is 1.62. The van der Waals surface area contributed by atoms with Gasteiger partial charge in [-0.1, -0.05) is 32.9 Å². The molecule has 0 spiro atoms. The number of rotatable bonds is 7. The van der Waals surface area contributed by atoms with E-state index in [4.69, 9.17) is 4.74 Å². The summed E-state index contributed by atoms with van der Waals surface area (Å²) in [4.78, 5) is 27.1. The van der Waals surface area contributed by atoms with Crippen molar-refractivity contribution in [2.45, 2.75) is 45.1 Å². The van der Waals surface area contributed by atoms with E-state index in [2.05, 4.69) is 26.1 Å². The van der Waals surface area contributed by atoms with Crippen molar-refractivity contribution in [1.82, 2.24) is 10.2 Å². The number of amides is 2. The minimum atomic E-state index is -0.409. The molecule has 1 aromatic rings. The normalized spacial score (nSPS) is 20.0. The van der Waals surface area contributed by atoms with E-state index in [-0.39, 0.29) is 17.2 Å². The third-order valence-electron chi connectivity index (χ3n) is 5.04. The number of benzene rings is 1. The van der Waals surface area contributed by atoms with Gasteiger partial charge in [0, 0.05) is 24.5 Å². The Hall–Kier alpha value is -1.53. The number of hydrogen-bond donors (Lipinski definition) is 1. The van der Waals surface area contributed by atoms with Crippen molar-refractivity contribution < 1.29 is 14.3 Å². The van der Waals surface area contributed by atoms with E-state index in [0.29, 0.717) is 30.3 Å². The summed E-state index contributed by atoms with van der Waals surface area (Å²) in [5.74, 6) is 1.75. The first-order valence-electron chi connectivity index (χ1n) is 9.71. The number of nitrogens with zero attached hydrogens (tertiary/aromatic N) is 1. The summed E-state index contributed by atoms with van der Waals surface area (Å²) in [6.45, 7) is 8.27. The van der Waals surface area contributed by atoms with Crippen LogP contribution in [0.2, 0.25) is 0 Å². The molecule has 1 atom stereocenters. The Morgan fingerprint density at radius 2 is 1.93 bits per heavy atom. The Bertz CT molecular complexity index is 665. The van der Waals surface area contributed by atoms with Crippen LogP contribution in [0.3, 0.4) is 0 Å². The molecule has 3 rings (SSSR count). The minimum absolute atomic E-state index is 0.0507. The van der Waals surface area contributed by atoms with Crippen LogP contribution in [0.1, 0.15) is 49.5 Å². The van der Waals surface area contributed by atoms with Crippen molar-refractivity contribution >= 4 is 23.6 Å². The Kier molecular flexibility index (Phi) is 6.48. The highest BCUT2D eigenvalue weighted by Crippen LogP contribution is 2.28. The second-order valence-corrected chi connectivity index (χ2v) is 9.43. The number of carbonyl (C=O) groups excluding carboxylic acids is 2. The van der Waals surface area contributed by atoms with Crippen LogP contribution in [0.5, 0.6) is 0 Å². The molecule has 0 aromatic heterocycles. The van der Waals surface area contributed by atoms with Gasteiger partial charge < -0.3 is 15.0 Å². The lowest BCUT2D eigenvalue weighted by atomic mass is 9.86. The Morgan fingerprint density at radius 1 is 1.22 bits per heavy atom. The minimum Gasteiger partial charge on any atom is -0.379 e. The van der Waals surface area contributed by atoms with Gasteiger partial charge in [0.05, 0.1) is 12.5 Å². The van der Waals surface area contributed by atoms with Gasteiger partial charge in [-0.2, -0.15) is 0 Å². The fourth-order valence-corrected chi connectivity index (χ4v) is 4.19. The molecule has 6 heteroatoms. The SMILES string of the molecule is CC(C)(C)c1ccc(C(=O)N2CSCC2C(=O)NCCOCC2CC2)cc1. The van der Waals surface area contributed by atoms with Gasteiger partial charge in [-0.05, 0) is 41.9 Å². The first kappa shape index (κ1) is 20.2. The van der Waals surface area contributed by atoms with Crippen molar-refractivity contribution in [2.75, 3.05) is 31.4 Å². The lowest BCUT2D eigenvalue weighted by Gasteiger charge is -2.24. The zero-order valence-electron chi connectivity index (χ0n) is 16.5. The fraction of sp³-hybridized carbons (Fsp3) is 0.619. The molecule has 0 bridgehead atoms. The van der Waals surface area contributed by atoms with Crippen molar-refractivity contribution in [3.8, 4) is 0 Å². The average molecular weight is 391 g/mol. The smallest absolute Gasteiger partial charge is 0.255 e. The Balaban J connectivity index is 1.52. The molecular formula is C21H30N2O3S. The van der Waals surface area contributed by atoms with E-state index in [1.54, 1.807) is 16.7 Å². The average Bonchev–Trinajstić information content (AvgIpc) is 3.33. The molecular weight excluding hydrogens is 360 g/mol. The molecule has 5 nitrogen and oxygen atoms in total. The van der Waals surface area contributed by atoms with Crippen molar-refractivity contribution in [3.05, 3.63) is 35.4 Å². The highest BCUT2D eigenvalue weighted by atomic mass is 32.2. The second-order valence-electron chi connectivity index (χ2n) is 8.43. The zero-order valence-corrected chi connectivity index (χ0v) is 17.3. The van der Waals surface area contributed by atoms with Crippen molar-refractivity contribution in [2.24, 2.45) is 5.92 Å². The number of ether oxygens (including phenoxy) is 1. The predicted molar refractivity (Wildman–Crippen MR) is 109 cm³/mol. The summed E-state index contributed by atoms with van der Waals surface area (Å²) in [5.41, 5.74) is 1.88. The third-order valence-corrected chi connectivity index (χ3v) is 6.05. The van der Waals surface area contributed by atoms with Crippen LogP contribution in [0.25, 0.3) is 0 Å². The Morgan fingerprint density at radius 3 is 2.56 bits per heavy atom. The maximum absolute atomic E-state index is 12.9. The maximum atomic E-state index is 12.9. The molecule has 2 fully saturated rings. The highest BCUT2D eigenvalue weighted by molar-refractivity contribution is 7.99. The molecule has 1 unspecified atom stereocenters. The van der Waals surface area contributed by atoms with Crippen LogP contribution < -0.4 is 5.32 Å². The van der Waals surface area contributed by atoms with Crippen LogP contribution in [-0.2, 0) is 14.9 Å². The van der Waals surface area contributed by atoms with Gasteiger partial charge >= 0.3 is 0 Å². The van der Waals surface area contributed by atoms with E-state index in [0.717, 1.165) is 12.5 Å². The summed E-state index contributed by atoms with van der Waals surface area (Å²) in [5, 5.41) is 2.91. The molecule has 1 aliphatic carbocycles. The predicted octanol–water partition coefficient (Wildman–Crippen LogP) is 3.04. The quantitative estimate of drug-likeness (QED) is 0.727. The van der Waals surface area contributed by atoms with E-state index in [1.165, 1.54) is 18.4 Å². The molecule has 2 amide bonds. The van der Waals surface area contributed by atoms with Crippen LogP contribution >= 0.6 is 11.8 Å². The van der Waals surface area contributed by atoms with Gasteiger partial charge in [-0.25, -0.2) is 0 Å². The van der Waals surface area contributed by atoms with Gasteiger partial charge in [0.1, 0.15) is 6.04 Å².